The van der Waals surface area contributed by atoms with Crippen LogP contribution in [0.3, 0.4) is 0 Å². The fourth-order valence-electron chi connectivity index (χ4n) is 3.12. The molecule has 2 aromatic carbocycles. The molecular weight excluding hydrogens is 309 g/mol. The number of halogens is 1. The molecule has 124 valence electrons. The van der Waals surface area contributed by atoms with Gasteiger partial charge in [0, 0.05) is 5.69 Å². The predicted molar refractivity (Wildman–Crippen MR) is 88.3 cm³/mol. The molecule has 0 aliphatic heterocycles. The highest BCUT2D eigenvalue weighted by Gasteiger charge is 2.45. The van der Waals surface area contributed by atoms with Crippen LogP contribution in [0.15, 0.2) is 48.5 Å². The minimum Gasteiger partial charge on any atom is -0.481 e. The molecule has 0 saturated heterocycles. The number of carboxylic acids is 1. The maximum atomic E-state index is 14.0. The summed E-state index contributed by atoms with van der Waals surface area (Å²) in [7, 11) is 0. The number of nitrogens with one attached hydrogen (secondary N) is 1. The van der Waals surface area contributed by atoms with E-state index in [-0.39, 0.29) is 17.9 Å². The van der Waals surface area contributed by atoms with Gasteiger partial charge in [-0.2, -0.15) is 0 Å². The molecule has 1 fully saturated rings. The monoisotopic (exact) mass is 327 g/mol. The second-order valence-corrected chi connectivity index (χ2v) is 6.13. The summed E-state index contributed by atoms with van der Waals surface area (Å²) in [6.45, 7) is 0. The Kier molecular flexibility index (Phi) is 4.34. The van der Waals surface area contributed by atoms with E-state index in [1.54, 1.807) is 0 Å². The number of carbonyl (C=O) groups excluding carboxylic acids is 1. The average Bonchev–Trinajstić information content (AvgIpc) is 2.50. The molecule has 2 aromatic rings. The van der Waals surface area contributed by atoms with Gasteiger partial charge in [-0.3, -0.25) is 9.59 Å². The summed E-state index contributed by atoms with van der Waals surface area (Å²) in [6.07, 6.45) is 2.13. The van der Waals surface area contributed by atoms with Crippen molar-refractivity contribution < 1.29 is 19.1 Å². The molecule has 3 rings (SSSR count). The van der Waals surface area contributed by atoms with Gasteiger partial charge >= 0.3 is 5.97 Å². The van der Waals surface area contributed by atoms with Crippen molar-refractivity contribution in [3.05, 3.63) is 65.5 Å². The number of carboxylic acid groups (broad SMARTS) is 1. The summed E-state index contributed by atoms with van der Waals surface area (Å²) >= 11 is 0. The Bertz CT molecular complexity index is 769. The largest absolute Gasteiger partial charge is 0.481 e. The molecule has 1 aliphatic rings. The van der Waals surface area contributed by atoms with Gasteiger partial charge in [0.1, 0.15) is 5.82 Å². The zero-order valence-corrected chi connectivity index (χ0v) is 13.1. The lowest BCUT2D eigenvalue weighted by atomic mass is 9.64. The van der Waals surface area contributed by atoms with Crippen LogP contribution < -0.4 is 5.32 Å². The van der Waals surface area contributed by atoms with Gasteiger partial charge in [0.25, 0.3) is 0 Å². The second kappa shape index (κ2) is 6.43. The number of benzene rings is 2. The molecule has 0 bridgehead atoms. The molecule has 0 atom stereocenters. The van der Waals surface area contributed by atoms with E-state index >= 15 is 0 Å². The van der Waals surface area contributed by atoms with E-state index in [0.717, 1.165) is 24.8 Å². The van der Waals surface area contributed by atoms with E-state index < -0.39 is 17.2 Å². The van der Waals surface area contributed by atoms with Gasteiger partial charge < -0.3 is 10.4 Å². The molecule has 5 heteroatoms. The number of anilines is 1. The first-order chi connectivity index (χ1) is 11.5. The maximum absolute atomic E-state index is 14.0. The summed E-state index contributed by atoms with van der Waals surface area (Å²) in [6, 6.07) is 13.7. The third-order valence-corrected chi connectivity index (χ3v) is 4.62. The molecule has 0 aromatic heterocycles. The van der Waals surface area contributed by atoms with Crippen molar-refractivity contribution >= 4 is 17.6 Å². The third-order valence-electron chi connectivity index (χ3n) is 4.62. The van der Waals surface area contributed by atoms with E-state index in [0.29, 0.717) is 5.69 Å². The number of carbonyl (C=O) groups is 2. The quantitative estimate of drug-likeness (QED) is 0.883. The first kappa shape index (κ1) is 16.2. The first-order valence-corrected chi connectivity index (χ1v) is 7.88. The molecule has 24 heavy (non-hydrogen) atoms. The number of hydrogen-bond acceptors (Lipinski definition) is 2. The Hall–Kier alpha value is -2.69. The zero-order valence-electron chi connectivity index (χ0n) is 13.1. The molecule has 0 radical (unpaired) electrons. The van der Waals surface area contributed by atoms with Gasteiger partial charge in [-0.05, 0) is 36.1 Å². The molecule has 1 saturated carbocycles. The third kappa shape index (κ3) is 3.02. The van der Waals surface area contributed by atoms with Crippen molar-refractivity contribution in [1.82, 2.24) is 0 Å². The van der Waals surface area contributed by atoms with Crippen LogP contribution in [0.5, 0.6) is 0 Å². The summed E-state index contributed by atoms with van der Waals surface area (Å²) < 4.78 is 14.0. The van der Waals surface area contributed by atoms with Crippen molar-refractivity contribution in [2.75, 3.05) is 5.32 Å². The minimum absolute atomic E-state index is 0.0990. The smallest absolute Gasteiger partial charge is 0.307 e. The standard InChI is InChI=1S/C19H18FNO3/c20-16-12-15(8-7-13(16)11-17(22)23)21-18(24)19(9-4-10-19)14-5-2-1-3-6-14/h1-3,5-8,12H,4,9-11H2,(H,21,24)(H,22,23). The SMILES string of the molecule is O=C(O)Cc1ccc(NC(=O)C2(c3ccccc3)CCC2)cc1F. The molecule has 0 heterocycles. The van der Waals surface area contributed by atoms with Gasteiger partial charge in [-0.1, -0.05) is 42.8 Å². The van der Waals surface area contributed by atoms with Crippen LogP contribution in [0.2, 0.25) is 0 Å². The van der Waals surface area contributed by atoms with Crippen molar-refractivity contribution in [1.29, 1.82) is 0 Å². The molecule has 1 amide bonds. The highest BCUT2D eigenvalue weighted by molar-refractivity contribution is 6.00. The Balaban J connectivity index is 1.79. The van der Waals surface area contributed by atoms with Gasteiger partial charge in [0.2, 0.25) is 5.91 Å². The fraction of sp³-hybridized carbons (Fsp3) is 0.263. The lowest BCUT2D eigenvalue weighted by molar-refractivity contribution is -0.136. The van der Waals surface area contributed by atoms with E-state index in [1.807, 2.05) is 30.3 Å². The van der Waals surface area contributed by atoms with Crippen LogP contribution in [-0.2, 0) is 21.4 Å². The Morgan fingerprint density at radius 2 is 1.83 bits per heavy atom. The predicted octanol–water partition coefficient (Wildman–Crippen LogP) is 3.51. The normalized spacial score (nSPS) is 15.4. The van der Waals surface area contributed by atoms with Crippen LogP contribution in [0, 0.1) is 5.82 Å². The van der Waals surface area contributed by atoms with E-state index in [4.69, 9.17) is 5.11 Å². The van der Waals surface area contributed by atoms with Crippen LogP contribution in [0.4, 0.5) is 10.1 Å². The van der Waals surface area contributed by atoms with Crippen molar-refractivity contribution in [2.45, 2.75) is 31.1 Å². The number of aliphatic carboxylic acids is 1. The van der Waals surface area contributed by atoms with Crippen molar-refractivity contribution in [3.8, 4) is 0 Å². The van der Waals surface area contributed by atoms with Gasteiger partial charge in [-0.25, -0.2) is 4.39 Å². The fourth-order valence-corrected chi connectivity index (χ4v) is 3.12. The number of hydrogen-bond donors (Lipinski definition) is 2. The van der Waals surface area contributed by atoms with Crippen LogP contribution >= 0.6 is 0 Å². The molecule has 1 aliphatic carbocycles. The average molecular weight is 327 g/mol. The molecule has 4 nitrogen and oxygen atoms in total. The summed E-state index contributed by atoms with van der Waals surface area (Å²) in [5.74, 6) is -1.87. The Morgan fingerprint density at radius 3 is 2.38 bits per heavy atom. The zero-order chi connectivity index (χ0) is 17.2. The second-order valence-electron chi connectivity index (χ2n) is 6.13. The molecule has 0 unspecified atom stereocenters. The van der Waals surface area contributed by atoms with Gasteiger partial charge in [-0.15, -0.1) is 0 Å². The van der Waals surface area contributed by atoms with Crippen molar-refractivity contribution in [3.63, 3.8) is 0 Å². The highest BCUT2D eigenvalue weighted by atomic mass is 19.1. The van der Waals surface area contributed by atoms with Crippen LogP contribution in [0.1, 0.15) is 30.4 Å². The lowest BCUT2D eigenvalue weighted by Crippen LogP contribution is -2.46. The lowest BCUT2D eigenvalue weighted by Gasteiger charge is -2.40. The highest BCUT2D eigenvalue weighted by Crippen LogP contribution is 2.44. The van der Waals surface area contributed by atoms with E-state index in [9.17, 15) is 14.0 Å². The minimum atomic E-state index is -1.09. The number of rotatable bonds is 5. The van der Waals surface area contributed by atoms with Crippen molar-refractivity contribution in [2.24, 2.45) is 0 Å². The summed E-state index contributed by atoms with van der Waals surface area (Å²) in [5, 5.41) is 11.5. The van der Waals surface area contributed by atoms with Crippen LogP contribution in [0.25, 0.3) is 0 Å². The topological polar surface area (TPSA) is 66.4 Å². The Labute approximate surface area is 139 Å². The Morgan fingerprint density at radius 1 is 1.12 bits per heavy atom. The van der Waals surface area contributed by atoms with Crippen LogP contribution in [-0.4, -0.2) is 17.0 Å². The summed E-state index contributed by atoms with van der Waals surface area (Å²) in [4.78, 5) is 23.4. The summed E-state index contributed by atoms with van der Waals surface area (Å²) in [5.41, 5.74) is 0.852. The van der Waals surface area contributed by atoms with Gasteiger partial charge in [0.05, 0.1) is 11.8 Å². The maximum Gasteiger partial charge on any atom is 0.307 e. The molecular formula is C19H18FNO3. The number of amides is 1. The van der Waals surface area contributed by atoms with E-state index in [1.165, 1.54) is 18.2 Å². The van der Waals surface area contributed by atoms with Gasteiger partial charge in [0.15, 0.2) is 0 Å². The molecule has 2 N–H and O–H groups in total. The van der Waals surface area contributed by atoms with E-state index in [2.05, 4.69) is 5.32 Å². The first-order valence-electron chi connectivity index (χ1n) is 7.88. The molecule has 0 spiro atoms.